The van der Waals surface area contributed by atoms with Crippen LogP contribution in [-0.4, -0.2) is 75.6 Å². The van der Waals surface area contributed by atoms with Gasteiger partial charge in [0.1, 0.15) is 18.3 Å². The number of nitrogens with two attached hydrogens (primary N) is 1. The third-order valence-electron chi connectivity index (χ3n) is 3.81. The monoisotopic (exact) mass is 359 g/mol. The van der Waals surface area contributed by atoms with E-state index in [1.807, 2.05) is 20.8 Å². The van der Waals surface area contributed by atoms with Gasteiger partial charge in [-0.15, -0.1) is 0 Å². The van der Waals surface area contributed by atoms with Crippen LogP contribution in [0.25, 0.3) is 0 Å². The van der Waals surface area contributed by atoms with E-state index in [-0.39, 0.29) is 12.0 Å². The Balaban J connectivity index is 2.09. The highest BCUT2D eigenvalue weighted by molar-refractivity contribution is 5.90. The van der Waals surface area contributed by atoms with E-state index in [0.717, 1.165) is 4.90 Å². The van der Waals surface area contributed by atoms with Gasteiger partial charge in [0.25, 0.3) is 0 Å². The quantitative estimate of drug-likeness (QED) is 0.369. The number of esters is 1. The third-order valence-corrected chi connectivity index (χ3v) is 3.81. The smallest absolute Gasteiger partial charge is 0.351 e. The van der Waals surface area contributed by atoms with E-state index < -0.39 is 48.8 Å². The molecule has 1 unspecified atom stereocenters. The molecule has 1 fully saturated rings. The first-order chi connectivity index (χ1) is 11.5. The van der Waals surface area contributed by atoms with Gasteiger partial charge in [0.2, 0.25) is 5.66 Å². The largest absolute Gasteiger partial charge is 0.462 e. The SMILES string of the molecule is CC(C)(C)COC(=O)C1(N)C=CN([C@@H]2O[C@H](CO)[C@@H](O)[C@H]2O)C(=O)N1. The second-order valence-electron chi connectivity index (χ2n) is 7.39. The maximum atomic E-state index is 12.3. The number of nitrogens with zero attached hydrogens (tertiary/aromatic N) is 1. The predicted molar refractivity (Wildman–Crippen MR) is 84.6 cm³/mol. The lowest BCUT2D eigenvalue weighted by Crippen LogP contribution is -2.66. The Hall–Kier alpha value is -1.72. The zero-order valence-corrected chi connectivity index (χ0v) is 14.4. The van der Waals surface area contributed by atoms with Gasteiger partial charge in [-0.3, -0.25) is 10.6 Å². The van der Waals surface area contributed by atoms with E-state index in [4.69, 9.17) is 20.3 Å². The lowest BCUT2D eigenvalue weighted by atomic mass is 9.98. The Bertz CT molecular complexity index is 562. The van der Waals surface area contributed by atoms with Crippen molar-refractivity contribution in [3.63, 3.8) is 0 Å². The Morgan fingerprint density at radius 3 is 2.56 bits per heavy atom. The van der Waals surface area contributed by atoms with Gasteiger partial charge < -0.3 is 30.1 Å². The molecule has 10 heteroatoms. The van der Waals surface area contributed by atoms with Crippen LogP contribution in [0.4, 0.5) is 4.79 Å². The number of hydrogen-bond donors (Lipinski definition) is 5. The van der Waals surface area contributed by atoms with Crippen LogP contribution in [0.1, 0.15) is 20.8 Å². The number of ether oxygens (including phenoxy) is 2. The Kier molecular flexibility index (Phi) is 5.40. The van der Waals surface area contributed by atoms with Crippen molar-refractivity contribution in [1.29, 1.82) is 0 Å². The molecule has 2 rings (SSSR count). The number of hydrogen-bond acceptors (Lipinski definition) is 8. The summed E-state index contributed by atoms with van der Waals surface area (Å²) in [6, 6.07) is -0.812. The first-order valence-corrected chi connectivity index (χ1v) is 7.87. The van der Waals surface area contributed by atoms with E-state index in [9.17, 15) is 19.8 Å². The summed E-state index contributed by atoms with van der Waals surface area (Å²) in [5.41, 5.74) is 3.77. The molecule has 0 saturated carbocycles. The van der Waals surface area contributed by atoms with Crippen molar-refractivity contribution in [2.45, 2.75) is 51.0 Å². The van der Waals surface area contributed by atoms with Crippen molar-refractivity contribution in [2.24, 2.45) is 11.1 Å². The highest BCUT2D eigenvalue weighted by atomic mass is 16.6. The molecule has 2 aliphatic heterocycles. The fourth-order valence-corrected chi connectivity index (χ4v) is 2.38. The molecule has 142 valence electrons. The summed E-state index contributed by atoms with van der Waals surface area (Å²) in [4.78, 5) is 25.4. The molecular weight excluding hydrogens is 334 g/mol. The van der Waals surface area contributed by atoms with Gasteiger partial charge in [-0.2, -0.15) is 0 Å². The molecule has 0 aromatic heterocycles. The summed E-state index contributed by atoms with van der Waals surface area (Å²) in [7, 11) is 0. The van der Waals surface area contributed by atoms with Crippen molar-refractivity contribution < 1.29 is 34.4 Å². The predicted octanol–water partition coefficient (Wildman–Crippen LogP) is -1.79. The summed E-state index contributed by atoms with van der Waals surface area (Å²) in [6.07, 6.45) is -2.64. The standard InChI is InChI=1S/C15H25N3O7/c1-14(2,3)7-24-12(22)15(16)4-5-18(13(23)17-15)11-10(21)9(20)8(6-19)25-11/h4-5,8-11,19-21H,6-7,16H2,1-3H3,(H,17,23)/t8-,9-,10-,11-,15?/m1/s1. The number of aliphatic hydroxyl groups is 3. The molecule has 0 spiro atoms. The molecule has 2 aliphatic rings. The number of carbonyl (C=O) groups is 2. The minimum atomic E-state index is -1.85. The maximum absolute atomic E-state index is 12.3. The Morgan fingerprint density at radius 1 is 1.44 bits per heavy atom. The first-order valence-electron chi connectivity index (χ1n) is 7.87. The molecular formula is C15H25N3O7. The molecule has 2 heterocycles. The number of rotatable bonds is 4. The fraction of sp³-hybridized carbons (Fsp3) is 0.733. The highest BCUT2D eigenvalue weighted by Crippen LogP contribution is 2.26. The lowest BCUT2D eigenvalue weighted by Gasteiger charge is -2.36. The molecule has 0 aliphatic carbocycles. The number of urea groups is 1. The summed E-state index contributed by atoms with van der Waals surface area (Å²) < 4.78 is 10.4. The summed E-state index contributed by atoms with van der Waals surface area (Å²) in [5.74, 6) is -0.826. The average Bonchev–Trinajstić information content (AvgIpc) is 2.80. The zero-order valence-electron chi connectivity index (χ0n) is 14.4. The van der Waals surface area contributed by atoms with E-state index in [1.54, 1.807) is 0 Å². The molecule has 0 aromatic carbocycles. The highest BCUT2D eigenvalue weighted by Gasteiger charge is 2.49. The van der Waals surface area contributed by atoms with Crippen molar-refractivity contribution in [3.05, 3.63) is 12.3 Å². The van der Waals surface area contributed by atoms with Gasteiger partial charge in [0.05, 0.1) is 13.2 Å². The van der Waals surface area contributed by atoms with Crippen molar-refractivity contribution in [2.75, 3.05) is 13.2 Å². The molecule has 10 nitrogen and oxygen atoms in total. The number of aliphatic hydroxyl groups excluding tert-OH is 3. The van der Waals surface area contributed by atoms with E-state index in [2.05, 4.69) is 5.32 Å². The second-order valence-corrected chi connectivity index (χ2v) is 7.39. The molecule has 0 radical (unpaired) electrons. The van der Waals surface area contributed by atoms with Crippen LogP contribution in [-0.2, 0) is 14.3 Å². The van der Waals surface area contributed by atoms with E-state index in [0.29, 0.717) is 0 Å². The molecule has 5 atom stereocenters. The maximum Gasteiger partial charge on any atom is 0.351 e. The molecule has 1 saturated heterocycles. The van der Waals surface area contributed by atoms with Crippen LogP contribution in [0.5, 0.6) is 0 Å². The Labute approximate surface area is 145 Å². The van der Waals surface area contributed by atoms with Crippen molar-refractivity contribution in [3.8, 4) is 0 Å². The number of nitrogens with one attached hydrogen (secondary N) is 1. The second kappa shape index (κ2) is 6.89. The van der Waals surface area contributed by atoms with E-state index >= 15 is 0 Å². The van der Waals surface area contributed by atoms with E-state index in [1.165, 1.54) is 12.3 Å². The summed E-state index contributed by atoms with van der Waals surface area (Å²) >= 11 is 0. The van der Waals surface area contributed by atoms with Gasteiger partial charge in [-0.1, -0.05) is 20.8 Å². The summed E-state index contributed by atoms with van der Waals surface area (Å²) in [6.45, 7) is 5.23. The topological polar surface area (TPSA) is 155 Å². The van der Waals surface area contributed by atoms with Crippen LogP contribution in [0.3, 0.4) is 0 Å². The molecule has 0 aromatic rings. The van der Waals surface area contributed by atoms with Crippen LogP contribution < -0.4 is 11.1 Å². The first kappa shape index (κ1) is 19.6. The third kappa shape index (κ3) is 4.10. The van der Waals surface area contributed by atoms with Gasteiger partial charge in [-0.05, 0) is 11.5 Å². The number of amides is 2. The van der Waals surface area contributed by atoms with Gasteiger partial charge in [-0.25, -0.2) is 9.59 Å². The van der Waals surface area contributed by atoms with Gasteiger partial charge in [0.15, 0.2) is 6.23 Å². The summed E-state index contributed by atoms with van der Waals surface area (Å²) in [5, 5.41) is 31.1. The molecule has 6 N–H and O–H groups in total. The van der Waals surface area contributed by atoms with Crippen LogP contribution in [0, 0.1) is 5.41 Å². The van der Waals surface area contributed by atoms with Gasteiger partial charge in [0, 0.05) is 6.20 Å². The minimum Gasteiger partial charge on any atom is -0.462 e. The van der Waals surface area contributed by atoms with Crippen LogP contribution >= 0.6 is 0 Å². The molecule has 0 bridgehead atoms. The lowest BCUT2D eigenvalue weighted by molar-refractivity contribution is -0.152. The Morgan fingerprint density at radius 2 is 2.08 bits per heavy atom. The fourth-order valence-electron chi connectivity index (χ4n) is 2.38. The normalized spacial score (nSPS) is 35.6. The molecule has 25 heavy (non-hydrogen) atoms. The average molecular weight is 359 g/mol. The van der Waals surface area contributed by atoms with Crippen molar-refractivity contribution >= 4 is 12.0 Å². The number of carbonyl (C=O) groups excluding carboxylic acids is 2. The van der Waals surface area contributed by atoms with Crippen LogP contribution in [0.15, 0.2) is 12.3 Å². The van der Waals surface area contributed by atoms with Gasteiger partial charge >= 0.3 is 12.0 Å². The van der Waals surface area contributed by atoms with Crippen LogP contribution in [0.2, 0.25) is 0 Å². The van der Waals surface area contributed by atoms with Crippen molar-refractivity contribution in [1.82, 2.24) is 10.2 Å². The molecule has 2 amide bonds. The minimum absolute atomic E-state index is 0.118. The zero-order chi connectivity index (χ0) is 19.0.